The molecule has 0 bridgehead atoms. The Hall–Kier alpha value is -2.11. The fourth-order valence-corrected chi connectivity index (χ4v) is 2.40. The quantitative estimate of drug-likeness (QED) is 0.759. The van der Waals surface area contributed by atoms with E-state index in [9.17, 15) is 14.4 Å². The lowest BCUT2D eigenvalue weighted by molar-refractivity contribution is -0.135. The second-order valence-electron chi connectivity index (χ2n) is 4.43. The number of imide groups is 1. The van der Waals surface area contributed by atoms with Gasteiger partial charge in [0.1, 0.15) is 6.04 Å². The van der Waals surface area contributed by atoms with Gasteiger partial charge in [-0.3, -0.25) is 14.9 Å². The first kappa shape index (κ1) is 12.3. The van der Waals surface area contributed by atoms with Crippen LogP contribution in [-0.4, -0.2) is 27.5 Å². The van der Waals surface area contributed by atoms with Crippen molar-refractivity contribution in [3.63, 3.8) is 0 Å². The van der Waals surface area contributed by atoms with E-state index >= 15 is 0 Å². The van der Waals surface area contributed by atoms with Crippen LogP contribution < -0.4 is 5.32 Å². The van der Waals surface area contributed by atoms with Crippen LogP contribution in [0.2, 0.25) is 0 Å². The minimum absolute atomic E-state index is 0.192. The first-order valence-corrected chi connectivity index (χ1v) is 5.67. The Kier molecular flexibility index (Phi) is 2.94. The third-order valence-electron chi connectivity index (χ3n) is 3.24. The van der Waals surface area contributed by atoms with Crippen molar-refractivity contribution in [2.75, 3.05) is 0 Å². The molecule has 1 aromatic rings. The highest BCUT2D eigenvalue weighted by Gasteiger charge is 2.30. The van der Waals surface area contributed by atoms with E-state index in [0.29, 0.717) is 17.8 Å². The number of amides is 2. The topological polar surface area (TPSA) is 88.4 Å². The van der Waals surface area contributed by atoms with Crippen molar-refractivity contribution in [2.24, 2.45) is 0 Å². The first-order chi connectivity index (χ1) is 8.41. The van der Waals surface area contributed by atoms with Crippen LogP contribution in [0.15, 0.2) is 6.07 Å². The molecule has 0 aromatic carbocycles. The molecule has 0 spiro atoms. The van der Waals surface area contributed by atoms with Gasteiger partial charge >= 0.3 is 5.97 Å². The van der Waals surface area contributed by atoms with Crippen LogP contribution in [0.5, 0.6) is 0 Å². The fraction of sp³-hybridized carbons (Fsp3) is 0.417. The van der Waals surface area contributed by atoms with Crippen LogP contribution >= 0.6 is 0 Å². The molecule has 1 fully saturated rings. The summed E-state index contributed by atoms with van der Waals surface area (Å²) in [4.78, 5) is 33.9. The van der Waals surface area contributed by atoms with E-state index in [1.54, 1.807) is 24.5 Å². The smallest absolute Gasteiger partial charge is 0.337 e. The average Bonchev–Trinajstić information content (AvgIpc) is 2.56. The Morgan fingerprint density at radius 3 is 2.61 bits per heavy atom. The lowest BCUT2D eigenvalue weighted by Crippen LogP contribution is -2.42. The number of rotatable bonds is 2. The molecule has 18 heavy (non-hydrogen) atoms. The molecule has 6 nitrogen and oxygen atoms in total. The van der Waals surface area contributed by atoms with Crippen LogP contribution in [0.1, 0.15) is 40.6 Å². The zero-order valence-electron chi connectivity index (χ0n) is 10.2. The molecule has 1 saturated heterocycles. The third-order valence-corrected chi connectivity index (χ3v) is 3.24. The van der Waals surface area contributed by atoms with Gasteiger partial charge in [0.05, 0.1) is 5.56 Å². The predicted octanol–water partition coefficient (Wildman–Crippen LogP) is 0.781. The molecule has 1 aliphatic heterocycles. The molecule has 2 rings (SSSR count). The van der Waals surface area contributed by atoms with Crippen LogP contribution in [0, 0.1) is 13.8 Å². The Labute approximate surface area is 104 Å². The number of carboxylic acid groups (broad SMARTS) is 1. The van der Waals surface area contributed by atoms with Gasteiger partial charge in [-0.05, 0) is 26.3 Å². The van der Waals surface area contributed by atoms with Crippen molar-refractivity contribution in [3.05, 3.63) is 23.0 Å². The summed E-state index contributed by atoms with van der Waals surface area (Å²) in [6.07, 6.45) is 0.677. The molecule has 2 heterocycles. The van der Waals surface area contributed by atoms with Crippen molar-refractivity contribution in [1.82, 2.24) is 9.88 Å². The minimum atomic E-state index is -1.01. The maximum atomic E-state index is 11.8. The Balaban J connectivity index is 2.42. The van der Waals surface area contributed by atoms with E-state index in [0.717, 1.165) is 0 Å². The lowest BCUT2D eigenvalue weighted by atomic mass is 10.1. The monoisotopic (exact) mass is 250 g/mol. The van der Waals surface area contributed by atoms with Gasteiger partial charge in [-0.1, -0.05) is 0 Å². The number of piperidine rings is 1. The molecule has 0 aliphatic carbocycles. The van der Waals surface area contributed by atoms with Crippen molar-refractivity contribution in [1.29, 1.82) is 0 Å². The molecule has 1 unspecified atom stereocenters. The molecule has 96 valence electrons. The number of carbonyl (C=O) groups excluding carboxylic acids is 2. The van der Waals surface area contributed by atoms with E-state index < -0.39 is 12.0 Å². The standard InChI is InChI=1S/C12H14N2O4/c1-6-5-8(12(17)18)7(2)14(6)9-3-4-10(15)13-11(9)16/h5,9H,3-4H2,1-2H3,(H,17,18)(H,13,15,16). The Bertz CT molecular complexity index is 545. The van der Waals surface area contributed by atoms with Crippen molar-refractivity contribution in [3.8, 4) is 0 Å². The van der Waals surface area contributed by atoms with Gasteiger partial charge in [0.2, 0.25) is 11.8 Å². The molecule has 2 amide bonds. The minimum Gasteiger partial charge on any atom is -0.478 e. The lowest BCUT2D eigenvalue weighted by Gasteiger charge is -2.25. The molecule has 2 N–H and O–H groups in total. The summed E-state index contributed by atoms with van der Waals surface area (Å²) in [5.41, 5.74) is 1.44. The summed E-state index contributed by atoms with van der Waals surface area (Å²) in [5.74, 6) is -1.66. The van der Waals surface area contributed by atoms with Crippen molar-refractivity contribution >= 4 is 17.8 Å². The highest BCUT2D eigenvalue weighted by molar-refractivity contribution is 5.99. The maximum Gasteiger partial charge on any atom is 0.337 e. The predicted molar refractivity (Wildman–Crippen MR) is 62.3 cm³/mol. The average molecular weight is 250 g/mol. The highest BCUT2D eigenvalue weighted by atomic mass is 16.4. The number of aryl methyl sites for hydroxylation is 1. The van der Waals surface area contributed by atoms with Gasteiger partial charge in [-0.15, -0.1) is 0 Å². The number of aromatic carboxylic acids is 1. The number of hydrogen-bond donors (Lipinski definition) is 2. The number of nitrogens with zero attached hydrogens (tertiary/aromatic N) is 1. The molecular weight excluding hydrogens is 236 g/mol. The summed E-state index contributed by atoms with van der Waals surface area (Å²) in [6.45, 7) is 3.42. The summed E-state index contributed by atoms with van der Waals surface area (Å²) >= 11 is 0. The first-order valence-electron chi connectivity index (χ1n) is 5.67. The van der Waals surface area contributed by atoms with Gasteiger partial charge in [-0.25, -0.2) is 4.79 Å². The summed E-state index contributed by atoms with van der Waals surface area (Å²) in [6, 6.07) is 1.04. The second kappa shape index (κ2) is 4.29. The number of nitrogens with one attached hydrogen (secondary N) is 1. The van der Waals surface area contributed by atoms with Gasteiger partial charge < -0.3 is 9.67 Å². The van der Waals surface area contributed by atoms with E-state index in [-0.39, 0.29) is 23.8 Å². The second-order valence-corrected chi connectivity index (χ2v) is 4.43. The molecule has 1 aromatic heterocycles. The summed E-state index contributed by atoms with van der Waals surface area (Å²) in [7, 11) is 0. The number of aromatic nitrogens is 1. The maximum absolute atomic E-state index is 11.8. The van der Waals surface area contributed by atoms with E-state index in [1.165, 1.54) is 0 Å². The normalized spacial score (nSPS) is 19.8. The van der Waals surface area contributed by atoms with Crippen LogP contribution in [0.25, 0.3) is 0 Å². The van der Waals surface area contributed by atoms with Crippen molar-refractivity contribution < 1.29 is 19.5 Å². The highest BCUT2D eigenvalue weighted by Crippen LogP contribution is 2.25. The van der Waals surface area contributed by atoms with Crippen molar-refractivity contribution in [2.45, 2.75) is 32.7 Å². The van der Waals surface area contributed by atoms with Crippen LogP contribution in [0.4, 0.5) is 0 Å². The molecule has 1 atom stereocenters. The van der Waals surface area contributed by atoms with Crippen LogP contribution in [-0.2, 0) is 9.59 Å². The SMILES string of the molecule is Cc1cc(C(=O)O)c(C)n1C1CCC(=O)NC1=O. The summed E-state index contributed by atoms with van der Waals surface area (Å²) in [5, 5.41) is 11.3. The van der Waals surface area contributed by atoms with Gasteiger partial charge in [-0.2, -0.15) is 0 Å². The number of carboxylic acids is 1. The fourth-order valence-electron chi connectivity index (χ4n) is 2.40. The van der Waals surface area contributed by atoms with Crippen LogP contribution in [0.3, 0.4) is 0 Å². The summed E-state index contributed by atoms with van der Waals surface area (Å²) < 4.78 is 1.69. The van der Waals surface area contributed by atoms with Gasteiger partial charge in [0.15, 0.2) is 0 Å². The van der Waals surface area contributed by atoms with Gasteiger partial charge in [0.25, 0.3) is 0 Å². The molecular formula is C12H14N2O4. The number of carbonyl (C=O) groups is 3. The molecule has 1 aliphatic rings. The largest absolute Gasteiger partial charge is 0.478 e. The Morgan fingerprint density at radius 2 is 2.11 bits per heavy atom. The number of hydrogen-bond acceptors (Lipinski definition) is 3. The van der Waals surface area contributed by atoms with E-state index in [2.05, 4.69) is 5.32 Å². The molecule has 0 radical (unpaired) electrons. The zero-order valence-corrected chi connectivity index (χ0v) is 10.2. The third kappa shape index (κ3) is 1.90. The zero-order chi connectivity index (χ0) is 13.4. The van der Waals surface area contributed by atoms with Gasteiger partial charge in [0, 0.05) is 17.8 Å². The Morgan fingerprint density at radius 1 is 1.44 bits per heavy atom. The van der Waals surface area contributed by atoms with E-state index in [4.69, 9.17) is 5.11 Å². The molecule has 6 heteroatoms. The van der Waals surface area contributed by atoms with E-state index in [1.807, 2.05) is 0 Å². The molecule has 0 saturated carbocycles.